The van der Waals surface area contributed by atoms with Crippen molar-refractivity contribution in [3.8, 4) is 11.5 Å². The summed E-state index contributed by atoms with van der Waals surface area (Å²) in [5, 5.41) is 3.79. The van der Waals surface area contributed by atoms with Crippen molar-refractivity contribution in [3.05, 3.63) is 59.1 Å². The zero-order valence-electron chi connectivity index (χ0n) is 13.8. The minimum absolute atomic E-state index is 0.183. The fourth-order valence-corrected chi connectivity index (χ4v) is 3.61. The Balaban J connectivity index is 1.82. The fraction of sp³-hybridized carbons (Fsp3) is 0.350. The van der Waals surface area contributed by atoms with Crippen LogP contribution in [0, 0.1) is 5.41 Å². The number of ether oxygens (including phenoxy) is 1. The van der Waals surface area contributed by atoms with Crippen molar-refractivity contribution in [1.29, 1.82) is 0 Å². The van der Waals surface area contributed by atoms with Gasteiger partial charge in [-0.2, -0.15) is 0 Å². The van der Waals surface area contributed by atoms with E-state index in [0.717, 1.165) is 38.1 Å². The molecule has 1 unspecified atom stereocenters. The molecular weight excluding hydrogens is 322 g/mol. The number of rotatable bonds is 6. The zero-order valence-corrected chi connectivity index (χ0v) is 14.6. The number of para-hydroxylation sites is 1. The predicted molar refractivity (Wildman–Crippen MR) is 97.1 cm³/mol. The van der Waals surface area contributed by atoms with E-state index in [1.165, 1.54) is 0 Å². The highest BCUT2D eigenvalue weighted by Crippen LogP contribution is 2.37. The van der Waals surface area contributed by atoms with E-state index in [0.29, 0.717) is 16.3 Å². The second-order valence-electron chi connectivity index (χ2n) is 6.35. The molecule has 0 amide bonds. The van der Waals surface area contributed by atoms with Crippen molar-refractivity contribution in [2.45, 2.75) is 26.2 Å². The van der Waals surface area contributed by atoms with Gasteiger partial charge in [0.2, 0.25) is 0 Å². The number of carbonyl (C=O) groups excluding carboxylic acids is 1. The summed E-state index contributed by atoms with van der Waals surface area (Å²) in [6.45, 7) is 3.77. The highest BCUT2D eigenvalue weighted by atomic mass is 35.5. The van der Waals surface area contributed by atoms with E-state index in [2.05, 4.69) is 12.2 Å². The van der Waals surface area contributed by atoms with E-state index in [1.807, 2.05) is 36.4 Å². The molecule has 1 N–H and O–H groups in total. The maximum Gasteiger partial charge on any atom is 0.170 e. The fourth-order valence-electron chi connectivity index (χ4n) is 3.39. The van der Waals surface area contributed by atoms with E-state index in [1.54, 1.807) is 12.1 Å². The number of Topliss-reactive ketones (excluding diaryl/α,β-unsaturated/α-hetero) is 1. The average molecular weight is 344 g/mol. The number of benzene rings is 2. The standard InChI is InChI=1S/C20H22ClNO2/c1-2-10-20(11-12-22-14-20)19(23)15-8-9-18(17(21)13-15)24-16-6-4-3-5-7-16/h3-9,13,22H,2,10-12,14H2,1H3. The molecule has 2 aromatic carbocycles. The number of carbonyl (C=O) groups is 1. The van der Waals surface area contributed by atoms with Gasteiger partial charge in [-0.1, -0.05) is 43.1 Å². The Morgan fingerprint density at radius 3 is 2.67 bits per heavy atom. The first-order valence-electron chi connectivity index (χ1n) is 8.42. The average Bonchev–Trinajstić information content (AvgIpc) is 3.07. The van der Waals surface area contributed by atoms with Gasteiger partial charge >= 0.3 is 0 Å². The lowest BCUT2D eigenvalue weighted by molar-refractivity contribution is 0.0802. The molecule has 0 aliphatic carbocycles. The molecule has 24 heavy (non-hydrogen) atoms. The predicted octanol–water partition coefficient (Wildman–Crippen LogP) is 5.09. The molecule has 2 aromatic rings. The number of hydrogen-bond acceptors (Lipinski definition) is 3. The van der Waals surface area contributed by atoms with Gasteiger partial charge in [0.15, 0.2) is 5.78 Å². The molecule has 0 saturated carbocycles. The number of halogens is 1. The van der Waals surface area contributed by atoms with Gasteiger partial charge < -0.3 is 10.1 Å². The first-order chi connectivity index (χ1) is 11.6. The van der Waals surface area contributed by atoms with Crippen molar-refractivity contribution in [2.75, 3.05) is 13.1 Å². The molecule has 0 spiro atoms. The van der Waals surface area contributed by atoms with Crippen LogP contribution < -0.4 is 10.1 Å². The summed E-state index contributed by atoms with van der Waals surface area (Å²) in [4.78, 5) is 13.0. The normalized spacial score (nSPS) is 20.1. The maximum absolute atomic E-state index is 13.0. The summed E-state index contributed by atoms with van der Waals surface area (Å²) in [5.41, 5.74) is 0.373. The molecule has 1 heterocycles. The number of ketones is 1. The number of hydrogen-bond donors (Lipinski definition) is 1. The minimum Gasteiger partial charge on any atom is -0.456 e. The van der Waals surface area contributed by atoms with Crippen LogP contribution in [0.15, 0.2) is 48.5 Å². The Bertz CT molecular complexity index is 709. The second-order valence-corrected chi connectivity index (χ2v) is 6.75. The van der Waals surface area contributed by atoms with Gasteiger partial charge in [0.05, 0.1) is 5.02 Å². The highest BCUT2D eigenvalue weighted by molar-refractivity contribution is 6.32. The summed E-state index contributed by atoms with van der Waals surface area (Å²) in [7, 11) is 0. The largest absolute Gasteiger partial charge is 0.456 e. The van der Waals surface area contributed by atoms with Crippen LogP contribution in [0.1, 0.15) is 36.5 Å². The van der Waals surface area contributed by atoms with Gasteiger partial charge in [-0.3, -0.25) is 4.79 Å². The smallest absolute Gasteiger partial charge is 0.170 e. The lowest BCUT2D eigenvalue weighted by Gasteiger charge is -2.26. The van der Waals surface area contributed by atoms with Crippen LogP contribution in [0.2, 0.25) is 5.02 Å². The van der Waals surface area contributed by atoms with Crippen molar-refractivity contribution in [2.24, 2.45) is 5.41 Å². The third-order valence-electron chi connectivity index (χ3n) is 4.62. The molecule has 126 valence electrons. The van der Waals surface area contributed by atoms with Crippen molar-refractivity contribution in [1.82, 2.24) is 5.32 Å². The molecule has 1 saturated heterocycles. The van der Waals surface area contributed by atoms with Gasteiger partial charge in [-0.05, 0) is 49.7 Å². The van der Waals surface area contributed by atoms with Crippen LogP contribution in [-0.4, -0.2) is 18.9 Å². The van der Waals surface area contributed by atoms with Crippen LogP contribution >= 0.6 is 11.6 Å². The van der Waals surface area contributed by atoms with E-state index >= 15 is 0 Å². The minimum atomic E-state index is -0.292. The van der Waals surface area contributed by atoms with E-state index in [4.69, 9.17) is 16.3 Å². The molecule has 0 aromatic heterocycles. The van der Waals surface area contributed by atoms with Crippen molar-refractivity contribution in [3.63, 3.8) is 0 Å². The Hall–Kier alpha value is -1.84. The quantitative estimate of drug-likeness (QED) is 0.742. The van der Waals surface area contributed by atoms with Crippen LogP contribution in [0.5, 0.6) is 11.5 Å². The molecule has 3 nitrogen and oxygen atoms in total. The van der Waals surface area contributed by atoms with Crippen LogP contribution in [0.4, 0.5) is 0 Å². The Labute approximate surface area is 148 Å². The van der Waals surface area contributed by atoms with Crippen molar-refractivity contribution < 1.29 is 9.53 Å². The molecule has 1 atom stereocenters. The van der Waals surface area contributed by atoms with Crippen molar-refractivity contribution >= 4 is 17.4 Å². The topological polar surface area (TPSA) is 38.3 Å². The second kappa shape index (κ2) is 7.37. The summed E-state index contributed by atoms with van der Waals surface area (Å²) < 4.78 is 5.79. The molecule has 1 aliphatic heterocycles. The van der Waals surface area contributed by atoms with Crippen LogP contribution in [-0.2, 0) is 0 Å². The van der Waals surface area contributed by atoms with Crippen LogP contribution in [0.25, 0.3) is 0 Å². The monoisotopic (exact) mass is 343 g/mol. The molecule has 1 aliphatic rings. The Kier molecular flexibility index (Phi) is 5.22. The molecule has 4 heteroatoms. The highest BCUT2D eigenvalue weighted by Gasteiger charge is 2.40. The zero-order chi connectivity index (χ0) is 17.0. The first kappa shape index (κ1) is 17.0. The third-order valence-corrected chi connectivity index (χ3v) is 4.91. The Morgan fingerprint density at radius 2 is 2.04 bits per heavy atom. The third kappa shape index (κ3) is 3.47. The molecule has 0 radical (unpaired) electrons. The summed E-state index contributed by atoms with van der Waals surface area (Å²) >= 11 is 6.36. The van der Waals surface area contributed by atoms with Crippen LogP contribution in [0.3, 0.4) is 0 Å². The summed E-state index contributed by atoms with van der Waals surface area (Å²) in [6.07, 6.45) is 2.79. The lowest BCUT2D eigenvalue weighted by atomic mass is 9.76. The SMILES string of the molecule is CCCC1(C(=O)c2ccc(Oc3ccccc3)c(Cl)c2)CCNC1. The lowest BCUT2D eigenvalue weighted by Crippen LogP contribution is -2.33. The maximum atomic E-state index is 13.0. The molecule has 3 rings (SSSR count). The van der Waals surface area contributed by atoms with E-state index < -0.39 is 0 Å². The first-order valence-corrected chi connectivity index (χ1v) is 8.80. The summed E-state index contributed by atoms with van der Waals surface area (Å²) in [5.74, 6) is 1.47. The molecular formula is C20H22ClNO2. The molecule has 1 fully saturated rings. The van der Waals surface area contributed by atoms with Gasteiger partial charge in [0, 0.05) is 17.5 Å². The van der Waals surface area contributed by atoms with Gasteiger partial charge in [0.1, 0.15) is 11.5 Å². The number of nitrogens with one attached hydrogen (secondary N) is 1. The summed E-state index contributed by atoms with van der Waals surface area (Å²) in [6, 6.07) is 14.8. The van der Waals surface area contributed by atoms with Gasteiger partial charge in [0.25, 0.3) is 0 Å². The Morgan fingerprint density at radius 1 is 1.25 bits per heavy atom. The van der Waals surface area contributed by atoms with E-state index in [-0.39, 0.29) is 11.2 Å². The van der Waals surface area contributed by atoms with E-state index in [9.17, 15) is 4.79 Å². The van der Waals surface area contributed by atoms with Gasteiger partial charge in [-0.15, -0.1) is 0 Å². The van der Waals surface area contributed by atoms with Gasteiger partial charge in [-0.25, -0.2) is 0 Å². The molecule has 0 bridgehead atoms.